The van der Waals surface area contributed by atoms with Gasteiger partial charge in [-0.25, -0.2) is 0 Å². The molecular weight excluding hydrogens is 405 g/mol. The SMILES string of the molecule is COc1ccccc1CCNC(=O)[C@H]1Cc2cc(C(F)(F)F)ccc2N2CCCC[C@H]12. The van der Waals surface area contributed by atoms with Gasteiger partial charge in [-0.2, -0.15) is 13.2 Å². The Morgan fingerprint density at radius 3 is 2.77 bits per heavy atom. The van der Waals surface area contributed by atoms with Crippen molar-refractivity contribution in [2.75, 3.05) is 25.1 Å². The minimum Gasteiger partial charge on any atom is -0.496 e. The second-order valence-electron chi connectivity index (χ2n) is 8.26. The largest absolute Gasteiger partial charge is 0.496 e. The Bertz CT molecular complexity index is 945. The van der Waals surface area contributed by atoms with E-state index in [0.717, 1.165) is 48.9 Å². The molecule has 4 rings (SSSR count). The lowest BCUT2D eigenvalue weighted by atomic mass is 9.80. The van der Waals surface area contributed by atoms with E-state index in [-0.39, 0.29) is 17.9 Å². The van der Waals surface area contributed by atoms with E-state index >= 15 is 0 Å². The molecule has 2 atom stereocenters. The molecule has 1 amide bonds. The number of alkyl halides is 3. The van der Waals surface area contributed by atoms with Crippen LogP contribution in [0.2, 0.25) is 0 Å². The third kappa shape index (κ3) is 4.50. The van der Waals surface area contributed by atoms with Gasteiger partial charge >= 0.3 is 6.18 Å². The molecule has 0 saturated carbocycles. The minimum absolute atomic E-state index is 0.0317. The maximum atomic E-state index is 13.2. The number of nitrogens with zero attached hydrogens (tertiary/aromatic N) is 1. The molecule has 1 N–H and O–H groups in total. The number of amides is 1. The van der Waals surface area contributed by atoms with Crippen LogP contribution in [0.15, 0.2) is 42.5 Å². The summed E-state index contributed by atoms with van der Waals surface area (Å²) in [6, 6.07) is 11.6. The standard InChI is InChI=1S/C24H27F3N2O2/c1-31-22-8-3-2-6-16(22)11-12-28-23(30)19-15-17-14-18(24(25,26)27)9-10-20(17)29-13-5-4-7-21(19)29/h2-3,6,8-10,14,19,21H,4-5,7,11-13,15H2,1H3,(H,28,30)/t19-,21+/m0/s1. The van der Waals surface area contributed by atoms with Crippen molar-refractivity contribution in [3.8, 4) is 5.75 Å². The van der Waals surface area contributed by atoms with Crippen LogP contribution in [-0.2, 0) is 23.8 Å². The van der Waals surface area contributed by atoms with E-state index in [1.54, 1.807) is 13.2 Å². The quantitative estimate of drug-likeness (QED) is 0.751. The average molecular weight is 432 g/mol. The maximum Gasteiger partial charge on any atom is 0.416 e. The molecule has 2 aromatic rings. The molecule has 1 saturated heterocycles. The number of hydrogen-bond acceptors (Lipinski definition) is 3. The second-order valence-corrected chi connectivity index (χ2v) is 8.26. The summed E-state index contributed by atoms with van der Waals surface area (Å²) in [6.07, 6.45) is -0.529. The molecule has 0 unspecified atom stereocenters. The Kier molecular flexibility index (Phi) is 6.12. The Morgan fingerprint density at radius 1 is 1.19 bits per heavy atom. The Morgan fingerprint density at radius 2 is 2.00 bits per heavy atom. The van der Waals surface area contributed by atoms with Gasteiger partial charge in [0.15, 0.2) is 0 Å². The van der Waals surface area contributed by atoms with Gasteiger partial charge in [0, 0.05) is 24.8 Å². The van der Waals surface area contributed by atoms with Gasteiger partial charge in [-0.1, -0.05) is 18.2 Å². The van der Waals surface area contributed by atoms with E-state index in [0.29, 0.717) is 24.9 Å². The van der Waals surface area contributed by atoms with E-state index in [1.165, 1.54) is 6.07 Å². The van der Waals surface area contributed by atoms with Crippen LogP contribution in [0.25, 0.3) is 0 Å². The molecule has 2 heterocycles. The number of halogens is 3. The van der Waals surface area contributed by atoms with Crippen molar-refractivity contribution in [3.63, 3.8) is 0 Å². The fourth-order valence-electron chi connectivity index (χ4n) is 4.88. The zero-order valence-electron chi connectivity index (χ0n) is 17.5. The van der Waals surface area contributed by atoms with Gasteiger partial charge in [0.05, 0.1) is 18.6 Å². The van der Waals surface area contributed by atoms with Crippen molar-refractivity contribution >= 4 is 11.6 Å². The lowest BCUT2D eigenvalue weighted by Gasteiger charge is -2.46. The topological polar surface area (TPSA) is 41.6 Å². The number of anilines is 1. The highest BCUT2D eigenvalue weighted by molar-refractivity contribution is 5.82. The molecule has 4 nitrogen and oxygen atoms in total. The molecule has 0 aromatic heterocycles. The zero-order chi connectivity index (χ0) is 22.0. The number of carbonyl (C=O) groups excluding carboxylic acids is 1. The summed E-state index contributed by atoms with van der Waals surface area (Å²) in [5.41, 5.74) is 1.80. The van der Waals surface area contributed by atoms with E-state index < -0.39 is 11.7 Å². The van der Waals surface area contributed by atoms with Gasteiger partial charge < -0.3 is 15.0 Å². The van der Waals surface area contributed by atoms with Crippen LogP contribution in [0.1, 0.15) is 36.0 Å². The molecule has 1 fully saturated rings. The zero-order valence-corrected chi connectivity index (χ0v) is 17.5. The summed E-state index contributed by atoms with van der Waals surface area (Å²) >= 11 is 0. The molecular formula is C24H27F3N2O2. The number of piperidine rings is 1. The Hall–Kier alpha value is -2.70. The van der Waals surface area contributed by atoms with Crippen molar-refractivity contribution in [2.24, 2.45) is 5.92 Å². The highest BCUT2D eigenvalue weighted by Gasteiger charge is 2.40. The summed E-state index contributed by atoms with van der Waals surface area (Å²) in [4.78, 5) is 15.2. The molecule has 0 bridgehead atoms. The third-order valence-corrected chi connectivity index (χ3v) is 6.39. The molecule has 2 aromatic carbocycles. The molecule has 2 aliphatic rings. The molecule has 0 radical (unpaired) electrons. The number of para-hydroxylation sites is 1. The van der Waals surface area contributed by atoms with Crippen molar-refractivity contribution in [1.29, 1.82) is 0 Å². The second kappa shape index (κ2) is 8.81. The first-order valence-corrected chi connectivity index (χ1v) is 10.7. The van der Waals surface area contributed by atoms with Crippen LogP contribution in [0.3, 0.4) is 0 Å². The van der Waals surface area contributed by atoms with E-state index in [1.807, 2.05) is 24.3 Å². The predicted octanol–water partition coefficient (Wildman–Crippen LogP) is 4.60. The van der Waals surface area contributed by atoms with Crippen LogP contribution >= 0.6 is 0 Å². The molecule has 0 aliphatic carbocycles. The Labute approximate surface area is 180 Å². The number of nitrogens with one attached hydrogen (secondary N) is 1. The van der Waals surface area contributed by atoms with Gasteiger partial charge in [-0.3, -0.25) is 4.79 Å². The lowest BCUT2D eigenvalue weighted by molar-refractivity contribution is -0.137. The summed E-state index contributed by atoms with van der Waals surface area (Å²) < 4.78 is 45.1. The molecule has 166 valence electrons. The van der Waals surface area contributed by atoms with Crippen LogP contribution in [0.5, 0.6) is 5.75 Å². The highest BCUT2D eigenvalue weighted by Crippen LogP contribution is 2.41. The fraction of sp³-hybridized carbons (Fsp3) is 0.458. The maximum absolute atomic E-state index is 13.2. The number of fused-ring (bicyclic) bond motifs is 3. The smallest absolute Gasteiger partial charge is 0.416 e. The van der Waals surface area contributed by atoms with Crippen molar-refractivity contribution in [1.82, 2.24) is 5.32 Å². The lowest BCUT2D eigenvalue weighted by Crippen LogP contribution is -2.53. The number of hydrogen-bond donors (Lipinski definition) is 1. The van der Waals surface area contributed by atoms with E-state index in [2.05, 4.69) is 10.2 Å². The molecule has 31 heavy (non-hydrogen) atoms. The summed E-state index contributed by atoms with van der Waals surface area (Å²) in [5.74, 6) is 0.338. The van der Waals surface area contributed by atoms with Gasteiger partial charge in [0.2, 0.25) is 5.91 Å². The highest BCUT2D eigenvalue weighted by atomic mass is 19.4. The van der Waals surface area contributed by atoms with Crippen LogP contribution in [0.4, 0.5) is 18.9 Å². The number of ether oxygens (including phenoxy) is 1. The normalized spacial score (nSPS) is 20.6. The number of methoxy groups -OCH3 is 1. The van der Waals surface area contributed by atoms with Gasteiger partial charge in [0.1, 0.15) is 5.75 Å². The number of carbonyl (C=O) groups is 1. The van der Waals surface area contributed by atoms with E-state index in [4.69, 9.17) is 4.74 Å². The first-order chi connectivity index (χ1) is 14.9. The summed E-state index contributed by atoms with van der Waals surface area (Å²) in [6.45, 7) is 1.23. The molecule has 7 heteroatoms. The van der Waals surface area contributed by atoms with Crippen LogP contribution in [0, 0.1) is 5.92 Å². The molecule has 0 spiro atoms. The van der Waals surface area contributed by atoms with Crippen LogP contribution in [-0.4, -0.2) is 32.1 Å². The average Bonchev–Trinajstić information content (AvgIpc) is 2.77. The van der Waals surface area contributed by atoms with E-state index in [9.17, 15) is 18.0 Å². The van der Waals surface area contributed by atoms with Gasteiger partial charge in [-0.15, -0.1) is 0 Å². The molecule has 2 aliphatic heterocycles. The van der Waals surface area contributed by atoms with Crippen molar-refractivity contribution in [3.05, 3.63) is 59.2 Å². The first kappa shape index (κ1) is 21.5. The number of rotatable bonds is 5. The van der Waals surface area contributed by atoms with Crippen molar-refractivity contribution < 1.29 is 22.7 Å². The Balaban J connectivity index is 1.50. The minimum atomic E-state index is -4.39. The first-order valence-electron chi connectivity index (χ1n) is 10.7. The third-order valence-electron chi connectivity index (χ3n) is 6.39. The fourth-order valence-corrected chi connectivity index (χ4v) is 4.88. The monoisotopic (exact) mass is 432 g/mol. The predicted molar refractivity (Wildman–Crippen MR) is 113 cm³/mol. The summed E-state index contributed by atoms with van der Waals surface area (Å²) in [5, 5.41) is 3.02. The van der Waals surface area contributed by atoms with Crippen molar-refractivity contribution in [2.45, 2.75) is 44.3 Å². The van der Waals surface area contributed by atoms with Crippen LogP contribution < -0.4 is 15.0 Å². The van der Waals surface area contributed by atoms with Gasteiger partial charge in [-0.05, 0) is 67.5 Å². The summed E-state index contributed by atoms with van der Waals surface area (Å²) in [7, 11) is 1.61. The number of benzene rings is 2. The van der Waals surface area contributed by atoms with Gasteiger partial charge in [0.25, 0.3) is 0 Å².